The van der Waals surface area contributed by atoms with Crippen molar-refractivity contribution in [1.29, 1.82) is 0 Å². The van der Waals surface area contributed by atoms with Gasteiger partial charge in [-0.1, -0.05) is 67.6 Å². The van der Waals surface area contributed by atoms with Crippen LogP contribution in [0.2, 0.25) is 0 Å². The number of rotatable bonds is 8. The third kappa shape index (κ3) is 5.18. The zero-order chi connectivity index (χ0) is 19.8. The smallest absolute Gasteiger partial charge is 0.244 e. The highest BCUT2D eigenvalue weighted by Gasteiger charge is 2.11. The Labute approximate surface area is 165 Å². The molecule has 0 spiro atoms. The van der Waals surface area contributed by atoms with Crippen LogP contribution in [-0.2, 0) is 11.3 Å². The molecule has 144 valence electrons. The van der Waals surface area contributed by atoms with Crippen molar-refractivity contribution in [2.75, 3.05) is 6.61 Å². The van der Waals surface area contributed by atoms with E-state index in [9.17, 15) is 9.90 Å². The second-order valence-corrected chi connectivity index (χ2v) is 6.61. The van der Waals surface area contributed by atoms with E-state index < -0.39 is 0 Å². The number of nitrogens with one attached hydrogen (secondary N) is 1. The van der Waals surface area contributed by atoms with Crippen LogP contribution in [0.25, 0.3) is 17.3 Å². The fourth-order valence-corrected chi connectivity index (χ4v) is 2.92. The van der Waals surface area contributed by atoms with Crippen LogP contribution in [-0.4, -0.2) is 33.4 Å². The van der Waals surface area contributed by atoms with Gasteiger partial charge in [-0.25, -0.2) is 0 Å². The van der Waals surface area contributed by atoms with Gasteiger partial charge in [0.1, 0.15) is 0 Å². The molecule has 1 unspecified atom stereocenters. The van der Waals surface area contributed by atoms with Crippen molar-refractivity contribution < 1.29 is 9.90 Å². The molecule has 0 aliphatic carbocycles. The number of amides is 1. The summed E-state index contributed by atoms with van der Waals surface area (Å²) in [5.41, 5.74) is 3.85. The zero-order valence-electron chi connectivity index (χ0n) is 16.0. The number of hydrogen-bond acceptors (Lipinski definition) is 3. The maximum atomic E-state index is 12.2. The lowest BCUT2D eigenvalue weighted by atomic mass is 10.1. The van der Waals surface area contributed by atoms with Crippen LogP contribution in [0.1, 0.15) is 24.5 Å². The van der Waals surface area contributed by atoms with E-state index in [0.29, 0.717) is 13.0 Å². The molecule has 0 fully saturated rings. The molecule has 3 rings (SSSR count). The van der Waals surface area contributed by atoms with Crippen molar-refractivity contribution in [1.82, 2.24) is 15.1 Å². The fourth-order valence-electron chi connectivity index (χ4n) is 2.92. The van der Waals surface area contributed by atoms with E-state index in [1.165, 1.54) is 6.08 Å². The number of carbonyl (C=O) groups is 1. The van der Waals surface area contributed by atoms with E-state index in [2.05, 4.69) is 17.4 Å². The Bertz CT molecular complexity index is 914. The SMILES string of the molecule is CCC(CO)NC(=O)C=Cc1cn(Cc2ccccc2)nc1-c1ccccc1. The van der Waals surface area contributed by atoms with Crippen molar-refractivity contribution in [3.63, 3.8) is 0 Å². The van der Waals surface area contributed by atoms with Crippen LogP contribution in [0.3, 0.4) is 0 Å². The Morgan fingerprint density at radius 1 is 1.14 bits per heavy atom. The van der Waals surface area contributed by atoms with Gasteiger partial charge in [0, 0.05) is 23.4 Å². The van der Waals surface area contributed by atoms with Gasteiger partial charge in [0.25, 0.3) is 0 Å². The van der Waals surface area contributed by atoms with E-state index >= 15 is 0 Å². The largest absolute Gasteiger partial charge is 0.394 e. The molecule has 0 radical (unpaired) electrons. The van der Waals surface area contributed by atoms with E-state index in [1.807, 2.05) is 66.3 Å². The topological polar surface area (TPSA) is 67.2 Å². The maximum absolute atomic E-state index is 12.2. The quantitative estimate of drug-likeness (QED) is 0.592. The van der Waals surface area contributed by atoms with E-state index in [4.69, 9.17) is 5.10 Å². The highest BCUT2D eigenvalue weighted by atomic mass is 16.3. The summed E-state index contributed by atoms with van der Waals surface area (Å²) in [6.07, 6.45) is 5.90. The summed E-state index contributed by atoms with van der Waals surface area (Å²) in [5, 5.41) is 16.8. The Morgan fingerprint density at radius 3 is 2.46 bits per heavy atom. The summed E-state index contributed by atoms with van der Waals surface area (Å²) < 4.78 is 1.89. The van der Waals surface area contributed by atoms with Crippen LogP contribution in [0, 0.1) is 0 Å². The average Bonchev–Trinajstić information content (AvgIpc) is 3.14. The Kier molecular flexibility index (Phi) is 6.76. The first-order chi connectivity index (χ1) is 13.7. The van der Waals surface area contributed by atoms with Crippen LogP contribution >= 0.6 is 0 Å². The van der Waals surface area contributed by atoms with Crippen molar-refractivity contribution in [3.05, 3.63) is 84.1 Å². The first-order valence-electron chi connectivity index (χ1n) is 9.45. The molecular formula is C23H25N3O2. The van der Waals surface area contributed by atoms with Gasteiger partial charge in [0.05, 0.1) is 24.9 Å². The highest BCUT2D eigenvalue weighted by Crippen LogP contribution is 2.23. The number of hydrogen-bond donors (Lipinski definition) is 2. The fraction of sp³-hybridized carbons (Fsp3) is 0.217. The molecule has 0 aliphatic heterocycles. The first-order valence-corrected chi connectivity index (χ1v) is 9.45. The molecule has 3 aromatic rings. The van der Waals surface area contributed by atoms with Gasteiger partial charge in [-0.05, 0) is 18.1 Å². The summed E-state index contributed by atoms with van der Waals surface area (Å²) in [7, 11) is 0. The van der Waals surface area contributed by atoms with Crippen molar-refractivity contribution in [2.24, 2.45) is 0 Å². The van der Waals surface area contributed by atoms with Crippen LogP contribution in [0.4, 0.5) is 0 Å². The van der Waals surface area contributed by atoms with Gasteiger partial charge < -0.3 is 10.4 Å². The molecule has 1 aromatic heterocycles. The minimum absolute atomic E-state index is 0.0691. The number of aliphatic hydroxyl groups is 1. The summed E-state index contributed by atoms with van der Waals surface area (Å²) in [6, 6.07) is 19.8. The molecule has 0 saturated carbocycles. The number of aliphatic hydroxyl groups excluding tert-OH is 1. The van der Waals surface area contributed by atoms with E-state index in [-0.39, 0.29) is 18.6 Å². The van der Waals surface area contributed by atoms with Crippen molar-refractivity contribution in [2.45, 2.75) is 25.9 Å². The molecule has 2 aromatic carbocycles. The van der Waals surface area contributed by atoms with Crippen LogP contribution in [0.5, 0.6) is 0 Å². The molecule has 1 heterocycles. The number of carbonyl (C=O) groups excluding carboxylic acids is 1. The normalized spacial score (nSPS) is 12.2. The summed E-state index contributed by atoms with van der Waals surface area (Å²) in [6.45, 7) is 2.51. The summed E-state index contributed by atoms with van der Waals surface area (Å²) in [5.74, 6) is -0.226. The van der Waals surface area contributed by atoms with Gasteiger partial charge >= 0.3 is 0 Å². The van der Waals surface area contributed by atoms with Gasteiger partial charge in [0.2, 0.25) is 5.91 Å². The van der Waals surface area contributed by atoms with Gasteiger partial charge in [-0.2, -0.15) is 5.10 Å². The lowest BCUT2D eigenvalue weighted by molar-refractivity contribution is -0.117. The predicted octanol–water partition coefficient (Wildman–Crippen LogP) is 3.50. The van der Waals surface area contributed by atoms with Crippen LogP contribution in [0.15, 0.2) is 72.9 Å². The number of aromatic nitrogens is 2. The first kappa shape index (κ1) is 19.6. The Hall–Kier alpha value is -3.18. The van der Waals surface area contributed by atoms with Gasteiger partial charge in [-0.15, -0.1) is 0 Å². The van der Waals surface area contributed by atoms with E-state index in [1.54, 1.807) is 6.08 Å². The third-order valence-electron chi connectivity index (χ3n) is 4.50. The lowest BCUT2D eigenvalue weighted by Gasteiger charge is -2.11. The minimum Gasteiger partial charge on any atom is -0.394 e. The second-order valence-electron chi connectivity index (χ2n) is 6.61. The molecule has 28 heavy (non-hydrogen) atoms. The third-order valence-corrected chi connectivity index (χ3v) is 4.50. The molecule has 0 aliphatic rings. The minimum atomic E-state index is -0.230. The number of nitrogens with zero attached hydrogens (tertiary/aromatic N) is 2. The number of benzene rings is 2. The molecule has 1 atom stereocenters. The van der Waals surface area contributed by atoms with Crippen molar-refractivity contribution >= 4 is 12.0 Å². The standard InChI is InChI=1S/C23H25N3O2/c1-2-21(17-27)24-22(28)14-13-20-16-26(15-18-9-5-3-6-10-18)25-23(20)19-11-7-4-8-12-19/h3-14,16,21,27H,2,15,17H2,1H3,(H,24,28). The predicted molar refractivity (Wildman–Crippen MR) is 112 cm³/mol. The Morgan fingerprint density at radius 2 is 1.82 bits per heavy atom. The zero-order valence-corrected chi connectivity index (χ0v) is 16.0. The molecule has 0 bridgehead atoms. The maximum Gasteiger partial charge on any atom is 0.244 e. The van der Waals surface area contributed by atoms with Gasteiger partial charge in [-0.3, -0.25) is 9.48 Å². The van der Waals surface area contributed by atoms with Gasteiger partial charge in [0.15, 0.2) is 0 Å². The molecule has 5 heteroatoms. The molecule has 0 saturated heterocycles. The summed E-state index contributed by atoms with van der Waals surface area (Å²) >= 11 is 0. The van der Waals surface area contributed by atoms with E-state index in [0.717, 1.165) is 22.4 Å². The lowest BCUT2D eigenvalue weighted by Crippen LogP contribution is -2.35. The highest BCUT2D eigenvalue weighted by molar-refractivity contribution is 5.93. The molecule has 5 nitrogen and oxygen atoms in total. The van der Waals surface area contributed by atoms with Crippen LogP contribution < -0.4 is 5.32 Å². The monoisotopic (exact) mass is 375 g/mol. The second kappa shape index (κ2) is 9.67. The van der Waals surface area contributed by atoms with Crippen molar-refractivity contribution in [3.8, 4) is 11.3 Å². The summed E-state index contributed by atoms with van der Waals surface area (Å²) in [4.78, 5) is 12.2. The Balaban J connectivity index is 1.85. The molecule has 2 N–H and O–H groups in total. The molecular weight excluding hydrogens is 350 g/mol. The molecule has 1 amide bonds. The average molecular weight is 375 g/mol.